The summed E-state index contributed by atoms with van der Waals surface area (Å²) in [5, 5.41) is 5.08. The number of para-hydroxylation sites is 1. The van der Waals surface area contributed by atoms with Crippen molar-refractivity contribution in [2.45, 2.75) is 46.6 Å². The lowest BCUT2D eigenvalue weighted by molar-refractivity contribution is -0.149. The highest BCUT2D eigenvalue weighted by molar-refractivity contribution is 14.1. The maximum absolute atomic E-state index is 13.7. The van der Waals surface area contributed by atoms with Crippen LogP contribution in [0.5, 0.6) is 11.5 Å². The van der Waals surface area contributed by atoms with E-state index in [1.165, 1.54) is 4.68 Å². The van der Waals surface area contributed by atoms with Gasteiger partial charge in [-0.2, -0.15) is 9.78 Å². The molecule has 9 heteroatoms. The van der Waals surface area contributed by atoms with Crippen LogP contribution in [0.15, 0.2) is 64.5 Å². The molecule has 208 valence electrons. The van der Waals surface area contributed by atoms with E-state index in [1.807, 2.05) is 49.4 Å². The molecule has 0 saturated carbocycles. The number of nitrogens with zero attached hydrogens (tertiary/aromatic N) is 3. The lowest BCUT2D eigenvalue weighted by atomic mass is 9.96. The van der Waals surface area contributed by atoms with Crippen LogP contribution in [0.1, 0.15) is 50.3 Å². The van der Waals surface area contributed by atoms with Crippen LogP contribution in [0.3, 0.4) is 0 Å². The minimum absolute atomic E-state index is 0.178. The molecule has 4 rings (SSSR count). The number of fused-ring (bicyclic) bond motifs is 1. The molecule has 0 atom stereocenters. The summed E-state index contributed by atoms with van der Waals surface area (Å²) >= 11 is 2.14. The number of halogens is 1. The first-order valence-electron chi connectivity index (χ1n) is 13.0. The zero-order valence-corrected chi connectivity index (χ0v) is 25.6. The van der Waals surface area contributed by atoms with Gasteiger partial charge in [-0.05, 0) is 108 Å². The smallest absolute Gasteiger partial charge is 0.344 e. The lowest BCUT2D eigenvalue weighted by Gasteiger charge is -2.17. The van der Waals surface area contributed by atoms with E-state index in [4.69, 9.17) is 19.2 Å². The second-order valence-corrected chi connectivity index (χ2v) is 11.1. The Morgan fingerprint density at radius 3 is 2.50 bits per heavy atom. The molecule has 40 heavy (non-hydrogen) atoms. The molecule has 1 aromatic heterocycles. The summed E-state index contributed by atoms with van der Waals surface area (Å²) in [5.41, 5.74) is 3.82. The van der Waals surface area contributed by atoms with Gasteiger partial charge in [-0.15, -0.1) is 0 Å². The van der Waals surface area contributed by atoms with Crippen molar-refractivity contribution >= 4 is 45.7 Å². The average Bonchev–Trinajstić information content (AvgIpc) is 2.91. The second-order valence-electron chi connectivity index (χ2n) is 9.90. The number of hydrogen-bond donors (Lipinski definition) is 0. The first-order valence-corrected chi connectivity index (χ1v) is 14.0. The van der Waals surface area contributed by atoms with Gasteiger partial charge < -0.3 is 14.2 Å². The van der Waals surface area contributed by atoms with Crippen LogP contribution in [-0.2, 0) is 9.53 Å². The Labute approximate surface area is 247 Å². The largest absolute Gasteiger partial charge is 0.496 e. The molecule has 4 aromatic rings. The first kappa shape index (κ1) is 29.3. The minimum atomic E-state index is -0.429. The molecule has 0 N–H and O–H groups in total. The van der Waals surface area contributed by atoms with Crippen molar-refractivity contribution in [3.8, 4) is 22.9 Å². The highest BCUT2D eigenvalue weighted by atomic mass is 127. The summed E-state index contributed by atoms with van der Waals surface area (Å²) in [7, 11) is 1.66. The number of methoxy groups -OCH3 is 1. The van der Waals surface area contributed by atoms with Crippen molar-refractivity contribution in [1.29, 1.82) is 0 Å². The fraction of sp³-hybridized carbons (Fsp3) is 0.290. The Hall–Kier alpha value is -3.73. The molecule has 0 aliphatic carbocycles. The van der Waals surface area contributed by atoms with Gasteiger partial charge in [0.25, 0.3) is 5.56 Å². The molecule has 0 amide bonds. The van der Waals surface area contributed by atoms with Crippen molar-refractivity contribution in [1.82, 2.24) is 9.66 Å². The molecule has 8 nitrogen and oxygen atoms in total. The number of esters is 1. The first-order chi connectivity index (χ1) is 19.1. The predicted octanol–water partition coefficient (Wildman–Crippen LogP) is 6.32. The molecule has 0 radical (unpaired) electrons. The molecule has 0 aliphatic heterocycles. The fourth-order valence-corrected chi connectivity index (χ4v) is 4.94. The number of aryl methyl sites for hydroxylation is 1. The van der Waals surface area contributed by atoms with Crippen LogP contribution < -0.4 is 15.0 Å². The standard InChI is InChI=1S/C31H32IN3O5/c1-18(2)23-15-24(20(5)13-28(23)38-6)30-34-26-10-8-7-9-22(26)31(37)35(30)33-16-21-11-12-27(25(32)14-21)39-17-29(36)40-19(3)4/h7-16,18-19H,17H2,1-6H3. The number of rotatable bonds is 9. The van der Waals surface area contributed by atoms with Crippen molar-refractivity contribution < 1.29 is 19.0 Å². The Bertz CT molecular complexity index is 1640. The molecule has 0 bridgehead atoms. The quantitative estimate of drug-likeness (QED) is 0.119. The second kappa shape index (κ2) is 12.6. The predicted molar refractivity (Wildman–Crippen MR) is 166 cm³/mol. The summed E-state index contributed by atoms with van der Waals surface area (Å²) in [6.07, 6.45) is 1.41. The summed E-state index contributed by atoms with van der Waals surface area (Å²) in [5.74, 6) is 1.57. The normalized spacial score (nSPS) is 11.5. The van der Waals surface area contributed by atoms with Crippen LogP contribution >= 0.6 is 22.6 Å². The summed E-state index contributed by atoms with van der Waals surface area (Å²) in [6, 6.07) is 16.7. The van der Waals surface area contributed by atoms with Crippen molar-refractivity contribution in [3.05, 3.63) is 85.2 Å². The van der Waals surface area contributed by atoms with Gasteiger partial charge in [-0.25, -0.2) is 9.78 Å². The Kier molecular flexibility index (Phi) is 9.24. The zero-order valence-electron chi connectivity index (χ0n) is 23.4. The lowest BCUT2D eigenvalue weighted by Crippen LogP contribution is -2.21. The van der Waals surface area contributed by atoms with Crippen molar-refractivity contribution in [2.75, 3.05) is 13.7 Å². The van der Waals surface area contributed by atoms with Gasteiger partial charge in [0.2, 0.25) is 0 Å². The molecular formula is C31H32IN3O5. The van der Waals surface area contributed by atoms with E-state index >= 15 is 0 Å². The zero-order chi connectivity index (χ0) is 29.0. The van der Waals surface area contributed by atoms with E-state index in [2.05, 4.69) is 41.5 Å². The van der Waals surface area contributed by atoms with E-state index in [1.54, 1.807) is 39.3 Å². The number of benzene rings is 3. The monoisotopic (exact) mass is 653 g/mol. The minimum Gasteiger partial charge on any atom is -0.496 e. The van der Waals surface area contributed by atoms with E-state index in [0.717, 1.165) is 31.6 Å². The van der Waals surface area contributed by atoms with Crippen LogP contribution in [0, 0.1) is 10.5 Å². The summed E-state index contributed by atoms with van der Waals surface area (Å²) < 4.78 is 18.5. The molecule has 0 spiro atoms. The third-order valence-corrected chi connectivity index (χ3v) is 7.03. The molecule has 0 unspecified atom stereocenters. The third kappa shape index (κ3) is 6.52. The van der Waals surface area contributed by atoms with E-state index in [0.29, 0.717) is 22.5 Å². The van der Waals surface area contributed by atoms with Gasteiger partial charge in [0.05, 0.1) is 33.9 Å². The molecule has 3 aromatic carbocycles. The highest BCUT2D eigenvalue weighted by Crippen LogP contribution is 2.34. The van der Waals surface area contributed by atoms with Crippen LogP contribution in [-0.4, -0.2) is 41.7 Å². The Balaban J connectivity index is 1.76. The summed E-state index contributed by atoms with van der Waals surface area (Å²) in [4.78, 5) is 30.4. The van der Waals surface area contributed by atoms with Crippen LogP contribution in [0.2, 0.25) is 0 Å². The van der Waals surface area contributed by atoms with Gasteiger partial charge in [-0.3, -0.25) is 4.79 Å². The molecular weight excluding hydrogens is 621 g/mol. The van der Waals surface area contributed by atoms with E-state index < -0.39 is 5.97 Å². The fourth-order valence-electron chi connectivity index (χ4n) is 4.24. The maximum Gasteiger partial charge on any atom is 0.344 e. The van der Waals surface area contributed by atoms with Gasteiger partial charge in [0, 0.05) is 5.56 Å². The van der Waals surface area contributed by atoms with Crippen molar-refractivity contribution in [2.24, 2.45) is 5.10 Å². The maximum atomic E-state index is 13.7. The van der Waals surface area contributed by atoms with Gasteiger partial charge in [0.15, 0.2) is 12.4 Å². The average molecular weight is 654 g/mol. The topological polar surface area (TPSA) is 92.0 Å². The number of hydrogen-bond acceptors (Lipinski definition) is 7. The number of carbonyl (C=O) groups excluding carboxylic acids is 1. The van der Waals surface area contributed by atoms with Gasteiger partial charge >= 0.3 is 5.97 Å². The third-order valence-electron chi connectivity index (χ3n) is 6.18. The highest BCUT2D eigenvalue weighted by Gasteiger charge is 2.18. The van der Waals surface area contributed by atoms with E-state index in [-0.39, 0.29) is 24.2 Å². The molecule has 0 aliphatic rings. The van der Waals surface area contributed by atoms with Crippen LogP contribution in [0.25, 0.3) is 22.3 Å². The molecule has 0 saturated heterocycles. The summed E-state index contributed by atoms with van der Waals surface area (Å²) in [6.45, 7) is 9.56. The van der Waals surface area contributed by atoms with Crippen molar-refractivity contribution in [3.63, 3.8) is 0 Å². The SMILES string of the molecule is COc1cc(C)c(-c2nc3ccccc3c(=O)n2N=Cc2ccc(OCC(=O)OC(C)C)c(I)c2)cc1C(C)C. The van der Waals surface area contributed by atoms with Crippen LogP contribution in [0.4, 0.5) is 0 Å². The van der Waals surface area contributed by atoms with Gasteiger partial charge in [0.1, 0.15) is 11.5 Å². The number of ether oxygens (including phenoxy) is 3. The Morgan fingerprint density at radius 2 is 1.82 bits per heavy atom. The van der Waals surface area contributed by atoms with E-state index in [9.17, 15) is 9.59 Å². The molecule has 1 heterocycles. The Morgan fingerprint density at radius 1 is 1.07 bits per heavy atom. The number of aromatic nitrogens is 2. The van der Waals surface area contributed by atoms with Gasteiger partial charge in [-0.1, -0.05) is 26.0 Å². The number of carbonyl (C=O) groups is 1. The molecule has 0 fully saturated rings.